The summed E-state index contributed by atoms with van der Waals surface area (Å²) in [4.78, 5) is 24.2. The number of amides is 1. The molecule has 1 fully saturated rings. The molecule has 36 heavy (non-hydrogen) atoms. The third kappa shape index (κ3) is 7.50. The summed E-state index contributed by atoms with van der Waals surface area (Å²) in [6.45, 7) is 0. The molecule has 3 rings (SSSR count). The number of ether oxygens (including phenoxy) is 1. The Labute approximate surface area is 217 Å². The van der Waals surface area contributed by atoms with E-state index in [-0.39, 0.29) is 23.4 Å². The zero-order chi connectivity index (χ0) is 26.7. The molecule has 2 aromatic rings. The van der Waals surface area contributed by atoms with E-state index in [9.17, 15) is 18.0 Å². The van der Waals surface area contributed by atoms with Crippen molar-refractivity contribution in [1.29, 1.82) is 0 Å². The number of aromatic nitrogens is 3. The molecule has 7 nitrogen and oxygen atoms in total. The van der Waals surface area contributed by atoms with E-state index in [4.69, 9.17) is 44.0 Å². The lowest BCUT2D eigenvalue weighted by atomic mass is 9.52. The largest absolute Gasteiger partial charge is 0.501 e. The Morgan fingerprint density at radius 1 is 1.22 bits per heavy atom. The summed E-state index contributed by atoms with van der Waals surface area (Å²) in [5.41, 5.74) is -1.92. The first-order chi connectivity index (χ1) is 16.7. The Kier molecular flexibility index (Phi) is 8.47. The van der Waals surface area contributed by atoms with E-state index >= 15 is 0 Å². The van der Waals surface area contributed by atoms with Crippen molar-refractivity contribution < 1.29 is 22.7 Å². The minimum absolute atomic E-state index is 0.0972. The minimum Gasteiger partial charge on any atom is -0.501 e. The number of pyridine rings is 1. The van der Waals surface area contributed by atoms with Crippen molar-refractivity contribution in [3.8, 4) is 5.88 Å². The van der Waals surface area contributed by atoms with Crippen LogP contribution in [0.15, 0.2) is 36.0 Å². The van der Waals surface area contributed by atoms with Crippen molar-refractivity contribution in [1.82, 2.24) is 20.3 Å². The van der Waals surface area contributed by atoms with Crippen molar-refractivity contribution >= 4 is 62.7 Å². The number of hydrogen-bond acceptors (Lipinski definition) is 7. The van der Waals surface area contributed by atoms with Gasteiger partial charge < -0.3 is 15.4 Å². The molecule has 1 unspecified atom stereocenters. The van der Waals surface area contributed by atoms with E-state index in [1.807, 2.05) is 11.7 Å². The number of carbonyl (C=O) groups is 1. The first-order valence-electron chi connectivity index (χ1n) is 10.5. The maximum absolute atomic E-state index is 13.4. The monoisotopic (exact) mass is 503 g/mol. The quantitative estimate of drug-likeness (QED) is 0.474. The Balaban J connectivity index is 1.99. The first kappa shape index (κ1) is 28.1. The second-order valence-corrected chi connectivity index (χ2v) is 8.90. The summed E-state index contributed by atoms with van der Waals surface area (Å²) in [6.07, 6.45) is 2.34. The average Bonchev–Trinajstić information content (AvgIpc) is 3.60. The summed E-state index contributed by atoms with van der Waals surface area (Å²) in [5, 5.41) is 2.67. The molecule has 176 valence electrons. The Bertz CT molecular complexity index is 1130. The van der Waals surface area contributed by atoms with E-state index in [2.05, 4.69) is 25.6 Å². The van der Waals surface area contributed by atoms with Crippen molar-refractivity contribution in [3.63, 3.8) is 0 Å². The van der Waals surface area contributed by atoms with Gasteiger partial charge in [0.1, 0.15) is 23.5 Å². The lowest BCUT2D eigenvalue weighted by molar-refractivity contribution is -0.141. The van der Waals surface area contributed by atoms with Gasteiger partial charge in [0.2, 0.25) is 5.88 Å². The fraction of sp³-hybridized carbons (Fsp3) is 0.400. The van der Waals surface area contributed by atoms with Crippen LogP contribution in [0.5, 0.6) is 5.88 Å². The second kappa shape index (κ2) is 10.9. The van der Waals surface area contributed by atoms with Gasteiger partial charge in [0, 0.05) is 11.8 Å². The van der Waals surface area contributed by atoms with Gasteiger partial charge in [-0.1, -0.05) is 12.1 Å². The molecule has 1 amide bonds. The molecule has 0 aromatic carbocycles. The van der Waals surface area contributed by atoms with E-state index in [1.165, 1.54) is 30.1 Å². The number of halogens is 3. The van der Waals surface area contributed by atoms with Crippen LogP contribution < -0.4 is 15.4 Å². The van der Waals surface area contributed by atoms with Crippen LogP contribution in [0.25, 0.3) is 0 Å². The molecule has 16 heteroatoms. The predicted molar refractivity (Wildman–Crippen MR) is 135 cm³/mol. The van der Waals surface area contributed by atoms with Gasteiger partial charge in [-0.2, -0.15) is 13.2 Å². The molecule has 1 aliphatic rings. The lowest BCUT2D eigenvalue weighted by Gasteiger charge is -2.33. The summed E-state index contributed by atoms with van der Waals surface area (Å²) < 4.78 is 45.3. The van der Waals surface area contributed by atoms with Crippen molar-refractivity contribution in [3.05, 3.63) is 53.0 Å². The number of nitrogens with one attached hydrogen (secondary N) is 2. The highest BCUT2D eigenvalue weighted by Gasteiger charge is 2.37. The van der Waals surface area contributed by atoms with Crippen LogP contribution in [-0.2, 0) is 11.5 Å². The molecule has 0 spiro atoms. The molecule has 0 aliphatic heterocycles. The zero-order valence-electron chi connectivity index (χ0n) is 19.1. The molecule has 1 atom stereocenters. The number of carbonyl (C=O) groups excluding carboxylic acids is 1. The highest BCUT2D eigenvalue weighted by Crippen LogP contribution is 2.35. The molecular formula is C20H17B5F3N5O2S. The third-order valence-corrected chi connectivity index (χ3v) is 5.37. The van der Waals surface area contributed by atoms with Crippen LogP contribution in [0.2, 0.25) is 0 Å². The van der Waals surface area contributed by atoms with E-state index in [1.54, 1.807) is 6.08 Å². The second-order valence-electron chi connectivity index (χ2n) is 8.16. The maximum atomic E-state index is 13.4. The van der Waals surface area contributed by atoms with Crippen molar-refractivity contribution in [2.45, 2.75) is 35.7 Å². The van der Waals surface area contributed by atoms with Crippen LogP contribution in [0.1, 0.15) is 34.6 Å². The van der Waals surface area contributed by atoms with Gasteiger partial charge in [-0.25, -0.2) is 15.0 Å². The Morgan fingerprint density at radius 2 is 1.92 bits per heavy atom. The third-order valence-electron chi connectivity index (χ3n) is 4.94. The number of hydrogen-bond donors (Lipinski definition) is 2. The van der Waals surface area contributed by atoms with Gasteiger partial charge >= 0.3 is 6.18 Å². The zero-order valence-corrected chi connectivity index (χ0v) is 19.9. The normalized spacial score (nSPS) is 15.4. The van der Waals surface area contributed by atoms with Crippen LogP contribution in [0.4, 0.5) is 19.0 Å². The Morgan fingerprint density at radius 3 is 2.50 bits per heavy atom. The topological polar surface area (TPSA) is 89.0 Å². The van der Waals surface area contributed by atoms with E-state index in [0.717, 1.165) is 12.8 Å². The van der Waals surface area contributed by atoms with Gasteiger partial charge in [0.15, 0.2) is 17.2 Å². The highest BCUT2D eigenvalue weighted by molar-refractivity contribution is 8.01. The van der Waals surface area contributed by atoms with Crippen LogP contribution >= 0.6 is 11.8 Å². The Hall–Kier alpha value is -2.50. The molecule has 0 saturated heterocycles. The molecule has 2 heterocycles. The average molecular weight is 503 g/mol. The van der Waals surface area contributed by atoms with E-state index < -0.39 is 39.9 Å². The lowest BCUT2D eigenvalue weighted by Crippen LogP contribution is -2.42. The number of rotatable bonds is 10. The molecule has 1 aliphatic carbocycles. The molecular weight excluding hydrogens is 485 g/mol. The predicted octanol–water partition coefficient (Wildman–Crippen LogP) is 1.33. The van der Waals surface area contributed by atoms with E-state index in [0.29, 0.717) is 6.20 Å². The summed E-state index contributed by atoms with van der Waals surface area (Å²) in [7, 11) is 28.7. The maximum Gasteiger partial charge on any atom is 0.434 e. The molecule has 0 bridgehead atoms. The minimum atomic E-state index is -4.86. The van der Waals surface area contributed by atoms with Gasteiger partial charge in [-0.3, -0.25) is 4.79 Å². The smallest absolute Gasteiger partial charge is 0.434 e. The van der Waals surface area contributed by atoms with Crippen molar-refractivity contribution in [2.75, 3.05) is 11.6 Å². The SMILES string of the molecule is [B]C([B])([B])Oc1ncccc1C([B])([B])Nc1nc(C(F)(F)F)cnc1C(=O)NC(/C=C/SC)C1CC1. The molecule has 2 N–H and O–H groups in total. The highest BCUT2D eigenvalue weighted by atomic mass is 32.2. The standard InChI is InChI=1S/C20H17B5F3N5O2S/c1-36-8-6-12(10-4-5-10)31-16(34)14-15(32-13(9-30-14)19(26,27)28)33-18(21,22)11-3-2-7-29-17(11)35-20(23,24)25/h2-3,6-10,12H,4-5H2,1H3,(H,31,34)(H,32,33)/b8-6+. The molecule has 1 saturated carbocycles. The van der Waals surface area contributed by atoms with Gasteiger partial charge in [0.25, 0.3) is 5.91 Å². The van der Waals surface area contributed by atoms with Gasteiger partial charge in [-0.05, 0) is 47.1 Å². The van der Waals surface area contributed by atoms with Crippen molar-refractivity contribution in [2.24, 2.45) is 5.92 Å². The number of nitrogens with zero attached hydrogens (tertiary/aromatic N) is 3. The van der Waals surface area contributed by atoms with Gasteiger partial charge in [0.05, 0.1) is 27.9 Å². The fourth-order valence-electron chi connectivity index (χ4n) is 3.16. The first-order valence-corrected chi connectivity index (χ1v) is 11.8. The van der Waals surface area contributed by atoms with Crippen LogP contribution in [0.3, 0.4) is 0 Å². The number of alkyl halides is 3. The summed E-state index contributed by atoms with van der Waals surface area (Å²) in [6, 6.07) is 2.43. The number of thioether (sulfide) groups is 1. The summed E-state index contributed by atoms with van der Waals surface area (Å²) >= 11 is 1.44. The van der Waals surface area contributed by atoms with Crippen LogP contribution in [-0.4, -0.2) is 77.7 Å². The molecule has 2 aromatic heterocycles. The fourth-order valence-corrected chi connectivity index (χ4v) is 3.48. The number of anilines is 1. The molecule has 10 radical (unpaired) electrons. The van der Waals surface area contributed by atoms with Crippen LogP contribution in [0, 0.1) is 5.92 Å². The van der Waals surface area contributed by atoms with Gasteiger partial charge in [-0.15, -0.1) is 11.8 Å². The summed E-state index contributed by atoms with van der Waals surface area (Å²) in [5.74, 6) is -1.49.